The van der Waals surface area contributed by atoms with Gasteiger partial charge in [-0.15, -0.1) is 0 Å². The van der Waals surface area contributed by atoms with E-state index in [1.54, 1.807) is 6.07 Å². The minimum absolute atomic E-state index is 0.0531. The SMILES string of the molecule is O=C(Cc1ccc(F)c(Cl)c1)C1NCCc2ccccc21. The fourth-order valence-electron chi connectivity index (χ4n) is 2.74. The average Bonchev–Trinajstić information content (AvgIpc) is 2.50. The largest absolute Gasteiger partial charge is 0.303 e. The van der Waals surface area contributed by atoms with Crippen LogP contribution in [0, 0.1) is 5.82 Å². The highest BCUT2D eigenvalue weighted by Gasteiger charge is 2.25. The van der Waals surface area contributed by atoms with Gasteiger partial charge in [0.15, 0.2) is 5.78 Å². The number of carbonyl (C=O) groups is 1. The number of ketones is 1. The Morgan fingerprint density at radius 3 is 2.90 bits per heavy atom. The molecule has 0 radical (unpaired) electrons. The molecule has 1 atom stereocenters. The topological polar surface area (TPSA) is 29.1 Å². The lowest BCUT2D eigenvalue weighted by atomic mass is 9.90. The van der Waals surface area contributed by atoms with Crippen molar-refractivity contribution < 1.29 is 9.18 Å². The fraction of sp³-hybridized carbons (Fsp3) is 0.235. The Morgan fingerprint density at radius 2 is 2.10 bits per heavy atom. The summed E-state index contributed by atoms with van der Waals surface area (Å²) in [6.45, 7) is 0.789. The van der Waals surface area contributed by atoms with Crippen molar-refractivity contribution in [2.24, 2.45) is 0 Å². The lowest BCUT2D eigenvalue weighted by Crippen LogP contribution is -2.35. The van der Waals surface area contributed by atoms with Crippen molar-refractivity contribution in [2.75, 3.05) is 6.54 Å². The van der Waals surface area contributed by atoms with Crippen LogP contribution < -0.4 is 5.32 Å². The predicted octanol–water partition coefficient (Wildman–Crippen LogP) is 3.48. The molecule has 1 heterocycles. The van der Waals surface area contributed by atoms with Crippen LogP contribution in [0.25, 0.3) is 0 Å². The van der Waals surface area contributed by atoms with E-state index in [9.17, 15) is 9.18 Å². The van der Waals surface area contributed by atoms with E-state index in [1.165, 1.54) is 17.7 Å². The van der Waals surface area contributed by atoms with Gasteiger partial charge in [-0.3, -0.25) is 4.79 Å². The Balaban J connectivity index is 1.81. The second-order valence-electron chi connectivity index (χ2n) is 5.23. The van der Waals surface area contributed by atoms with Gasteiger partial charge in [0.05, 0.1) is 11.1 Å². The molecule has 0 aliphatic carbocycles. The summed E-state index contributed by atoms with van der Waals surface area (Å²) >= 11 is 5.76. The Labute approximate surface area is 127 Å². The van der Waals surface area contributed by atoms with E-state index >= 15 is 0 Å². The Kier molecular flexibility index (Phi) is 4.04. The molecule has 4 heteroatoms. The van der Waals surface area contributed by atoms with Gasteiger partial charge in [0.2, 0.25) is 0 Å². The van der Waals surface area contributed by atoms with Gasteiger partial charge in [0.25, 0.3) is 0 Å². The molecule has 0 saturated carbocycles. The van der Waals surface area contributed by atoms with Crippen LogP contribution in [0.2, 0.25) is 5.02 Å². The van der Waals surface area contributed by atoms with Crippen LogP contribution in [0.5, 0.6) is 0 Å². The van der Waals surface area contributed by atoms with Crippen molar-refractivity contribution in [1.82, 2.24) is 5.32 Å². The highest BCUT2D eigenvalue weighted by atomic mass is 35.5. The minimum atomic E-state index is -0.464. The first-order chi connectivity index (χ1) is 10.1. The van der Waals surface area contributed by atoms with E-state index in [0.29, 0.717) is 0 Å². The molecule has 2 aromatic carbocycles. The van der Waals surface area contributed by atoms with E-state index in [0.717, 1.165) is 24.1 Å². The van der Waals surface area contributed by atoms with Crippen molar-refractivity contribution in [3.63, 3.8) is 0 Å². The third-order valence-corrected chi connectivity index (χ3v) is 4.08. The number of halogens is 2. The maximum absolute atomic E-state index is 13.2. The molecule has 1 unspecified atom stereocenters. The Morgan fingerprint density at radius 1 is 1.29 bits per heavy atom. The molecule has 1 N–H and O–H groups in total. The zero-order valence-corrected chi connectivity index (χ0v) is 12.2. The van der Waals surface area contributed by atoms with Crippen molar-refractivity contribution in [2.45, 2.75) is 18.9 Å². The second kappa shape index (κ2) is 5.96. The van der Waals surface area contributed by atoms with Crippen molar-refractivity contribution >= 4 is 17.4 Å². The molecule has 2 nitrogen and oxygen atoms in total. The molecule has 1 aliphatic rings. The monoisotopic (exact) mass is 303 g/mol. The quantitative estimate of drug-likeness (QED) is 0.940. The summed E-state index contributed by atoms with van der Waals surface area (Å²) in [4.78, 5) is 12.5. The third kappa shape index (κ3) is 2.99. The first-order valence-corrected chi connectivity index (χ1v) is 7.31. The number of nitrogens with one attached hydrogen (secondary N) is 1. The molecule has 2 aromatic rings. The molecule has 3 rings (SSSR count). The molecule has 0 aromatic heterocycles. The van der Waals surface area contributed by atoms with Gasteiger partial charge < -0.3 is 5.32 Å². The summed E-state index contributed by atoms with van der Waals surface area (Å²) in [6.07, 6.45) is 1.17. The zero-order chi connectivity index (χ0) is 14.8. The van der Waals surface area contributed by atoms with Crippen LogP contribution in [0.1, 0.15) is 22.7 Å². The van der Waals surface area contributed by atoms with Gasteiger partial charge in [0, 0.05) is 13.0 Å². The summed E-state index contributed by atoms with van der Waals surface area (Å²) in [5.74, 6) is -0.390. The normalized spacial score (nSPS) is 17.3. The van der Waals surface area contributed by atoms with Crippen LogP contribution in [0.3, 0.4) is 0 Å². The van der Waals surface area contributed by atoms with Gasteiger partial charge in [-0.05, 0) is 35.2 Å². The molecule has 108 valence electrons. The molecule has 1 aliphatic heterocycles. The van der Waals surface area contributed by atoms with Crippen molar-refractivity contribution in [3.05, 3.63) is 70.0 Å². The second-order valence-corrected chi connectivity index (χ2v) is 5.63. The number of rotatable bonds is 3. The van der Waals surface area contributed by atoms with Gasteiger partial charge in [-0.25, -0.2) is 4.39 Å². The summed E-state index contributed by atoms with van der Waals surface area (Å²) in [6, 6.07) is 12.1. The van der Waals surface area contributed by atoms with Gasteiger partial charge >= 0.3 is 0 Å². The fourth-order valence-corrected chi connectivity index (χ4v) is 2.95. The molecule has 0 fully saturated rings. The van der Waals surface area contributed by atoms with Crippen LogP contribution in [-0.4, -0.2) is 12.3 Å². The number of benzene rings is 2. The standard InChI is InChI=1S/C17H15ClFNO/c18-14-9-11(5-6-15(14)19)10-16(21)17-13-4-2-1-3-12(13)7-8-20-17/h1-6,9,17,20H,7-8,10H2. The molecule has 0 saturated heterocycles. The Hall–Kier alpha value is -1.71. The van der Waals surface area contributed by atoms with E-state index in [2.05, 4.69) is 11.4 Å². The zero-order valence-electron chi connectivity index (χ0n) is 11.4. The van der Waals surface area contributed by atoms with Crippen molar-refractivity contribution in [1.29, 1.82) is 0 Å². The molecule has 21 heavy (non-hydrogen) atoms. The molecular weight excluding hydrogens is 289 g/mol. The van der Waals surface area contributed by atoms with Crippen LogP contribution in [0.15, 0.2) is 42.5 Å². The van der Waals surface area contributed by atoms with E-state index < -0.39 is 5.82 Å². The molecule has 0 amide bonds. The van der Waals surface area contributed by atoms with Gasteiger partial charge in [-0.2, -0.15) is 0 Å². The summed E-state index contributed by atoms with van der Waals surface area (Å²) < 4.78 is 13.2. The predicted molar refractivity (Wildman–Crippen MR) is 81.0 cm³/mol. The van der Waals surface area contributed by atoms with Crippen LogP contribution in [-0.2, 0) is 17.6 Å². The smallest absolute Gasteiger partial charge is 0.158 e. The summed E-state index contributed by atoms with van der Waals surface area (Å²) in [5.41, 5.74) is 2.99. The number of Topliss-reactive ketones (excluding diaryl/α,β-unsaturated/α-hetero) is 1. The lowest BCUT2D eigenvalue weighted by Gasteiger charge is -2.25. The highest BCUT2D eigenvalue weighted by molar-refractivity contribution is 6.30. The first kappa shape index (κ1) is 14.2. The number of hydrogen-bond donors (Lipinski definition) is 1. The van der Waals surface area contributed by atoms with Gasteiger partial charge in [0.1, 0.15) is 5.82 Å². The maximum atomic E-state index is 13.2. The van der Waals surface area contributed by atoms with Crippen LogP contribution in [0.4, 0.5) is 4.39 Å². The van der Waals surface area contributed by atoms with Gasteiger partial charge in [-0.1, -0.05) is 41.9 Å². The van der Waals surface area contributed by atoms with Crippen LogP contribution >= 0.6 is 11.6 Å². The van der Waals surface area contributed by atoms with Crippen molar-refractivity contribution in [3.8, 4) is 0 Å². The van der Waals surface area contributed by atoms with E-state index in [1.807, 2.05) is 18.2 Å². The average molecular weight is 304 g/mol. The first-order valence-electron chi connectivity index (χ1n) is 6.93. The Bertz CT molecular complexity index is 686. The molecule has 0 spiro atoms. The van der Waals surface area contributed by atoms with E-state index in [-0.39, 0.29) is 23.3 Å². The number of hydrogen-bond acceptors (Lipinski definition) is 2. The highest BCUT2D eigenvalue weighted by Crippen LogP contribution is 2.25. The maximum Gasteiger partial charge on any atom is 0.158 e. The summed E-state index contributed by atoms with van der Waals surface area (Å²) in [7, 11) is 0. The minimum Gasteiger partial charge on any atom is -0.303 e. The number of fused-ring (bicyclic) bond motifs is 1. The third-order valence-electron chi connectivity index (χ3n) is 3.79. The molecule has 0 bridgehead atoms. The van der Waals surface area contributed by atoms with E-state index in [4.69, 9.17) is 11.6 Å². The molecular formula is C17H15ClFNO. The summed E-state index contributed by atoms with van der Waals surface area (Å²) in [5, 5.41) is 3.32. The lowest BCUT2D eigenvalue weighted by molar-refractivity contribution is -0.120. The number of carbonyl (C=O) groups excluding carboxylic acids is 1.